The lowest BCUT2D eigenvalue weighted by Gasteiger charge is -2.39. The zero-order valence-corrected chi connectivity index (χ0v) is 39.7. The van der Waals surface area contributed by atoms with Gasteiger partial charge in [-0.1, -0.05) is 15.6 Å². The van der Waals surface area contributed by atoms with Gasteiger partial charge in [-0.2, -0.15) is 0 Å². The second-order valence-electron chi connectivity index (χ2n) is 17.5. The first kappa shape index (κ1) is 57.0. The quantitative estimate of drug-likeness (QED) is 0.0310. The molecule has 75 heavy (non-hydrogen) atoms. The van der Waals surface area contributed by atoms with Crippen LogP contribution in [0.3, 0.4) is 0 Å². The lowest BCUT2D eigenvalue weighted by Crippen LogP contribution is -2.59. The van der Waals surface area contributed by atoms with Gasteiger partial charge < -0.3 is 106 Å². The van der Waals surface area contributed by atoms with Crippen LogP contribution in [-0.2, 0) is 67.7 Å². The van der Waals surface area contributed by atoms with Gasteiger partial charge in [0.1, 0.15) is 90.3 Å². The third kappa shape index (κ3) is 14.4. The summed E-state index contributed by atoms with van der Waals surface area (Å²) in [4.78, 5) is 40.9. The lowest BCUT2D eigenvalue weighted by molar-refractivity contribution is -0.301. The van der Waals surface area contributed by atoms with E-state index in [0.717, 1.165) is 0 Å². The summed E-state index contributed by atoms with van der Waals surface area (Å²) < 4.78 is 36.5. The average molecular weight is 1070 g/mol. The van der Waals surface area contributed by atoms with Gasteiger partial charge >= 0.3 is 0 Å². The van der Waals surface area contributed by atoms with Crippen LogP contribution in [0.25, 0.3) is 0 Å². The van der Waals surface area contributed by atoms with Crippen LogP contribution < -0.4 is 16.0 Å². The minimum absolute atomic E-state index is 0.0676. The zero-order valence-electron chi connectivity index (χ0n) is 39.7. The number of amides is 3. The Balaban J connectivity index is 0.952. The Morgan fingerprint density at radius 3 is 0.960 bits per heavy atom. The number of benzene rings is 1. The highest BCUT2D eigenvalue weighted by Crippen LogP contribution is 2.24. The lowest BCUT2D eigenvalue weighted by atomic mass is 9.99. The number of hydrogen-bond donors (Lipinski definition) is 15. The van der Waals surface area contributed by atoms with E-state index in [1.807, 2.05) is 0 Å². The van der Waals surface area contributed by atoms with Crippen molar-refractivity contribution in [1.82, 2.24) is 60.9 Å². The SMILES string of the molecule is O=C(NCc1cn(CCO[C@@H]2O[C@H](CO)[C@H](O)[C@H](O)[C@H]2O)nn1)c1cc(C(=O)NCc2cn(CCO[C@@H]3O[C@H](CO)[C@H](O)[C@H](O)[C@H]3O)nn2)cc(C(=O)NCc2cn(CCO[C@@H]3O[C@H](CO)[C@H](O)[C@H](O)[C@H]3O)nn2)c1. The van der Waals surface area contributed by atoms with E-state index in [0.29, 0.717) is 0 Å². The highest BCUT2D eigenvalue weighted by atomic mass is 16.7. The van der Waals surface area contributed by atoms with Crippen molar-refractivity contribution in [3.63, 3.8) is 0 Å². The van der Waals surface area contributed by atoms with Crippen molar-refractivity contribution in [2.45, 2.75) is 131 Å². The molecule has 414 valence electrons. The topological polar surface area (TPSA) is 478 Å². The first-order valence-corrected chi connectivity index (χ1v) is 23.4. The Morgan fingerprint density at radius 2 is 0.707 bits per heavy atom. The Bertz CT molecular complexity index is 2200. The van der Waals surface area contributed by atoms with Crippen molar-refractivity contribution >= 4 is 17.7 Å². The third-order valence-electron chi connectivity index (χ3n) is 12.1. The molecule has 3 fully saturated rings. The predicted molar refractivity (Wildman–Crippen MR) is 239 cm³/mol. The van der Waals surface area contributed by atoms with Crippen molar-refractivity contribution in [2.75, 3.05) is 39.6 Å². The number of ether oxygens (including phenoxy) is 6. The first-order valence-electron chi connectivity index (χ1n) is 23.4. The Kier molecular flexibility index (Phi) is 20.1. The minimum Gasteiger partial charge on any atom is -0.394 e. The molecule has 33 nitrogen and oxygen atoms in total. The molecule has 15 N–H and O–H groups in total. The molecule has 3 aliphatic heterocycles. The van der Waals surface area contributed by atoms with Crippen molar-refractivity contribution in [1.29, 1.82) is 0 Å². The highest BCUT2D eigenvalue weighted by molar-refractivity contribution is 6.04. The molecule has 3 amide bonds. The van der Waals surface area contributed by atoms with Crippen LogP contribution in [0.15, 0.2) is 36.8 Å². The monoisotopic (exact) mass is 1070 g/mol. The molecule has 33 heteroatoms. The van der Waals surface area contributed by atoms with E-state index in [9.17, 15) is 75.7 Å². The van der Waals surface area contributed by atoms with E-state index in [2.05, 4.69) is 46.9 Å². The zero-order chi connectivity index (χ0) is 53.9. The molecule has 7 rings (SSSR count). The number of aliphatic hydroxyl groups excluding tert-OH is 12. The third-order valence-corrected chi connectivity index (χ3v) is 12.1. The molecule has 0 unspecified atom stereocenters. The Hall–Kier alpha value is -5.67. The van der Waals surface area contributed by atoms with Crippen LogP contribution >= 0.6 is 0 Å². The fourth-order valence-electron chi connectivity index (χ4n) is 7.83. The molecule has 3 aliphatic rings. The molecule has 3 saturated heterocycles. The summed E-state index contributed by atoms with van der Waals surface area (Å²) in [5.41, 5.74) is 0.525. The van der Waals surface area contributed by atoms with Crippen LogP contribution in [0.2, 0.25) is 0 Å². The number of carbonyl (C=O) groups is 3. The smallest absolute Gasteiger partial charge is 0.251 e. The van der Waals surface area contributed by atoms with Crippen molar-refractivity contribution < 1.29 is 104 Å². The van der Waals surface area contributed by atoms with Crippen LogP contribution in [0, 0.1) is 0 Å². The van der Waals surface area contributed by atoms with Gasteiger partial charge in [0.2, 0.25) is 0 Å². The molecule has 0 bridgehead atoms. The molecule has 0 saturated carbocycles. The largest absolute Gasteiger partial charge is 0.394 e. The number of aromatic nitrogens is 9. The van der Waals surface area contributed by atoms with E-state index in [1.54, 1.807) is 0 Å². The summed E-state index contributed by atoms with van der Waals surface area (Å²) in [5.74, 6) is -2.16. The standard InChI is InChI=1S/C42H60N12O21/c55-16-25-28(58)31(61)34(64)40(73-25)70-4-1-52-13-22(46-49-52)10-43-37(67)19-7-20(38(68)44-11-23-14-53(50-47-23)2-5-71-41-35(65)32(62)29(59)26(17-56)74-41)9-21(8-19)39(69)45-12-24-15-54(51-48-24)3-6-72-42-36(66)33(63)30(60)27(18-57)75-42/h7-9,13-15,25-36,40-42,55-66H,1-6,10-12,16-18H2,(H,43,67)(H,44,68)(H,45,69)/t25-,26-,27-,28+,29+,30+,31+,32+,33+,34-,35-,36-,40-,41-,42-/m1/s1. The van der Waals surface area contributed by atoms with Crippen LogP contribution in [0.5, 0.6) is 0 Å². The maximum absolute atomic E-state index is 13.6. The highest BCUT2D eigenvalue weighted by Gasteiger charge is 2.46. The van der Waals surface area contributed by atoms with Gasteiger partial charge in [0.05, 0.1) is 97.5 Å². The fraction of sp³-hybridized carbons (Fsp3) is 0.643. The van der Waals surface area contributed by atoms with Crippen LogP contribution in [0.4, 0.5) is 0 Å². The van der Waals surface area contributed by atoms with Crippen molar-refractivity contribution in [2.24, 2.45) is 0 Å². The normalized spacial score (nSPS) is 30.0. The van der Waals surface area contributed by atoms with Gasteiger partial charge in [-0.15, -0.1) is 15.3 Å². The molecule has 0 aliphatic carbocycles. The Morgan fingerprint density at radius 1 is 0.440 bits per heavy atom. The number of carbonyl (C=O) groups excluding carboxylic acids is 3. The number of nitrogens with one attached hydrogen (secondary N) is 3. The predicted octanol–water partition coefficient (Wildman–Crippen LogP) is -9.30. The second kappa shape index (κ2) is 26.4. The maximum Gasteiger partial charge on any atom is 0.251 e. The molecule has 0 radical (unpaired) electrons. The maximum atomic E-state index is 13.6. The van der Waals surface area contributed by atoms with Gasteiger partial charge in [0.15, 0.2) is 18.9 Å². The van der Waals surface area contributed by atoms with Crippen LogP contribution in [-0.4, -0.2) is 256 Å². The molecule has 6 heterocycles. The summed E-state index contributed by atoms with van der Waals surface area (Å²) in [6.45, 7) is -2.53. The summed E-state index contributed by atoms with van der Waals surface area (Å²) >= 11 is 0. The summed E-state index contributed by atoms with van der Waals surface area (Å²) in [7, 11) is 0. The summed E-state index contributed by atoms with van der Waals surface area (Å²) in [6, 6.07) is 3.75. The van der Waals surface area contributed by atoms with E-state index >= 15 is 0 Å². The number of aliphatic hydroxyl groups is 12. The van der Waals surface area contributed by atoms with Gasteiger partial charge in [0.25, 0.3) is 17.7 Å². The molecule has 4 aromatic rings. The van der Waals surface area contributed by atoms with Gasteiger partial charge in [-0.05, 0) is 18.2 Å². The van der Waals surface area contributed by atoms with E-state index in [-0.39, 0.29) is 92.9 Å². The summed E-state index contributed by atoms with van der Waals surface area (Å²) in [5, 5.41) is 151. The van der Waals surface area contributed by atoms with Crippen molar-refractivity contribution in [3.8, 4) is 0 Å². The second-order valence-corrected chi connectivity index (χ2v) is 17.5. The minimum atomic E-state index is -1.62. The Labute approximate surface area is 423 Å². The number of nitrogens with zero attached hydrogens (tertiary/aromatic N) is 9. The number of rotatable bonds is 24. The van der Waals surface area contributed by atoms with Crippen molar-refractivity contribution in [3.05, 3.63) is 70.6 Å². The first-order chi connectivity index (χ1) is 36.0. The molecule has 1 aromatic carbocycles. The van der Waals surface area contributed by atoms with E-state index < -0.39 is 130 Å². The molecular weight excluding hydrogens is 1010 g/mol. The van der Waals surface area contributed by atoms with Gasteiger partial charge in [0, 0.05) is 16.7 Å². The number of hydrogen-bond acceptors (Lipinski definition) is 27. The van der Waals surface area contributed by atoms with Gasteiger partial charge in [-0.3, -0.25) is 14.4 Å². The fourth-order valence-corrected chi connectivity index (χ4v) is 7.83. The van der Waals surface area contributed by atoms with E-state index in [1.165, 1.54) is 50.8 Å². The van der Waals surface area contributed by atoms with Gasteiger partial charge in [-0.25, -0.2) is 14.0 Å². The molecular formula is C42H60N12O21. The van der Waals surface area contributed by atoms with E-state index in [4.69, 9.17) is 28.4 Å². The summed E-state index contributed by atoms with van der Waals surface area (Å²) in [6.07, 6.45) is -17.5. The molecule has 3 aromatic heterocycles. The van der Waals surface area contributed by atoms with Crippen LogP contribution in [0.1, 0.15) is 48.2 Å². The average Bonchev–Trinajstić information content (AvgIpc) is 4.20. The molecule has 15 atom stereocenters. The molecule has 0 spiro atoms.